The molecule has 0 atom stereocenters. The van der Waals surface area contributed by atoms with Gasteiger partial charge in [0.25, 0.3) is 5.82 Å². The lowest BCUT2D eigenvalue weighted by molar-refractivity contribution is 0.906. The SMILES string of the molecule is Cc1cccc2nc(C#N)nn12. The van der Waals surface area contributed by atoms with Crippen LogP contribution in [0.1, 0.15) is 11.5 Å². The highest BCUT2D eigenvalue weighted by Gasteiger charge is 2.01. The van der Waals surface area contributed by atoms with E-state index in [2.05, 4.69) is 10.1 Å². The molecule has 0 unspecified atom stereocenters. The molecule has 2 aromatic heterocycles. The normalized spacial score (nSPS) is 10.0. The molecule has 58 valence electrons. The number of nitriles is 1. The minimum atomic E-state index is 0.212. The van der Waals surface area contributed by atoms with Crippen molar-refractivity contribution in [1.82, 2.24) is 14.6 Å². The first-order chi connectivity index (χ1) is 5.81. The van der Waals surface area contributed by atoms with Gasteiger partial charge in [-0.1, -0.05) is 6.07 Å². The van der Waals surface area contributed by atoms with Gasteiger partial charge in [-0.25, -0.2) is 4.52 Å². The molecule has 0 saturated heterocycles. The number of aryl methyl sites for hydroxylation is 1. The van der Waals surface area contributed by atoms with Crippen LogP contribution in [0.4, 0.5) is 0 Å². The number of rotatable bonds is 0. The maximum Gasteiger partial charge on any atom is 0.253 e. The van der Waals surface area contributed by atoms with Gasteiger partial charge in [0.2, 0.25) is 0 Å². The molecule has 0 fully saturated rings. The topological polar surface area (TPSA) is 54.0 Å². The van der Waals surface area contributed by atoms with Crippen LogP contribution < -0.4 is 0 Å². The van der Waals surface area contributed by atoms with E-state index in [-0.39, 0.29) is 5.82 Å². The largest absolute Gasteiger partial charge is 0.253 e. The first-order valence-corrected chi connectivity index (χ1v) is 3.54. The Morgan fingerprint density at radius 1 is 1.50 bits per heavy atom. The average molecular weight is 158 g/mol. The van der Waals surface area contributed by atoms with Crippen molar-refractivity contribution in [1.29, 1.82) is 5.26 Å². The van der Waals surface area contributed by atoms with E-state index in [0.29, 0.717) is 5.65 Å². The van der Waals surface area contributed by atoms with E-state index in [4.69, 9.17) is 5.26 Å². The van der Waals surface area contributed by atoms with Crippen LogP contribution in [0.5, 0.6) is 0 Å². The first kappa shape index (κ1) is 6.80. The van der Waals surface area contributed by atoms with Gasteiger partial charge in [0.1, 0.15) is 6.07 Å². The summed E-state index contributed by atoms with van der Waals surface area (Å²) in [5.74, 6) is 0.212. The third-order valence-corrected chi connectivity index (χ3v) is 1.65. The molecule has 0 bridgehead atoms. The summed E-state index contributed by atoms with van der Waals surface area (Å²) in [5, 5.41) is 12.5. The molecule has 4 heteroatoms. The molecule has 0 saturated carbocycles. The zero-order chi connectivity index (χ0) is 8.55. The summed E-state index contributed by atoms with van der Waals surface area (Å²) in [6.07, 6.45) is 0. The molecule has 0 aromatic carbocycles. The Hall–Kier alpha value is -1.89. The molecular weight excluding hydrogens is 152 g/mol. The molecule has 0 N–H and O–H groups in total. The highest BCUT2D eigenvalue weighted by molar-refractivity contribution is 5.40. The molecule has 0 aliphatic heterocycles. The highest BCUT2D eigenvalue weighted by Crippen LogP contribution is 2.03. The van der Waals surface area contributed by atoms with Crippen molar-refractivity contribution in [2.45, 2.75) is 6.92 Å². The Kier molecular flexibility index (Phi) is 1.31. The Balaban J connectivity index is 2.85. The van der Waals surface area contributed by atoms with E-state index in [1.807, 2.05) is 31.2 Å². The van der Waals surface area contributed by atoms with Gasteiger partial charge in [-0.05, 0) is 19.1 Å². The number of fused-ring (bicyclic) bond motifs is 1. The standard InChI is InChI=1S/C8H6N4/c1-6-3-2-4-8-10-7(5-9)11-12(6)8/h2-4H,1H3. The molecule has 0 amide bonds. The summed E-state index contributed by atoms with van der Waals surface area (Å²) in [7, 11) is 0. The fourth-order valence-electron chi connectivity index (χ4n) is 1.08. The van der Waals surface area contributed by atoms with Crippen LogP contribution in [0.3, 0.4) is 0 Å². The molecular formula is C8H6N4. The van der Waals surface area contributed by atoms with E-state index in [0.717, 1.165) is 5.69 Å². The van der Waals surface area contributed by atoms with Crippen LogP contribution in [0.2, 0.25) is 0 Å². The van der Waals surface area contributed by atoms with Crippen LogP contribution in [0.25, 0.3) is 5.65 Å². The van der Waals surface area contributed by atoms with Crippen molar-refractivity contribution < 1.29 is 0 Å². The van der Waals surface area contributed by atoms with Crippen molar-refractivity contribution in [3.05, 3.63) is 29.7 Å². The smallest absolute Gasteiger partial charge is 0.217 e. The van der Waals surface area contributed by atoms with E-state index in [1.54, 1.807) is 4.52 Å². The first-order valence-electron chi connectivity index (χ1n) is 3.54. The molecule has 0 radical (unpaired) electrons. The average Bonchev–Trinajstić information content (AvgIpc) is 2.49. The molecule has 2 aromatic rings. The number of hydrogen-bond donors (Lipinski definition) is 0. The molecule has 12 heavy (non-hydrogen) atoms. The molecule has 2 rings (SSSR count). The van der Waals surface area contributed by atoms with E-state index in [1.165, 1.54) is 0 Å². The molecule has 2 heterocycles. The second-order valence-electron chi connectivity index (χ2n) is 2.48. The van der Waals surface area contributed by atoms with E-state index < -0.39 is 0 Å². The van der Waals surface area contributed by atoms with Crippen molar-refractivity contribution in [3.63, 3.8) is 0 Å². The Morgan fingerprint density at radius 3 is 3.00 bits per heavy atom. The van der Waals surface area contributed by atoms with Gasteiger partial charge in [-0.3, -0.25) is 0 Å². The Labute approximate surface area is 69.1 Å². The van der Waals surface area contributed by atoms with Crippen LogP contribution in [-0.4, -0.2) is 14.6 Å². The van der Waals surface area contributed by atoms with Gasteiger partial charge in [0.05, 0.1) is 0 Å². The van der Waals surface area contributed by atoms with E-state index >= 15 is 0 Å². The number of nitrogens with zero attached hydrogens (tertiary/aromatic N) is 4. The summed E-state index contributed by atoms with van der Waals surface area (Å²) in [5.41, 5.74) is 1.69. The summed E-state index contributed by atoms with van der Waals surface area (Å²) < 4.78 is 1.65. The molecule has 0 spiro atoms. The van der Waals surface area contributed by atoms with Crippen molar-refractivity contribution in [2.24, 2.45) is 0 Å². The third-order valence-electron chi connectivity index (χ3n) is 1.65. The quantitative estimate of drug-likeness (QED) is 0.572. The predicted molar refractivity (Wildman–Crippen MR) is 42.4 cm³/mol. The van der Waals surface area contributed by atoms with Crippen molar-refractivity contribution in [2.75, 3.05) is 0 Å². The summed E-state index contributed by atoms with van der Waals surface area (Å²) in [4.78, 5) is 3.98. The molecule has 4 nitrogen and oxygen atoms in total. The Morgan fingerprint density at radius 2 is 2.33 bits per heavy atom. The molecule has 0 aliphatic carbocycles. The third kappa shape index (κ3) is 0.839. The summed E-state index contributed by atoms with van der Waals surface area (Å²) in [6.45, 7) is 1.92. The number of aromatic nitrogens is 3. The van der Waals surface area contributed by atoms with Crippen LogP contribution >= 0.6 is 0 Å². The fourth-order valence-corrected chi connectivity index (χ4v) is 1.08. The lowest BCUT2D eigenvalue weighted by atomic mass is 10.4. The van der Waals surface area contributed by atoms with Crippen LogP contribution in [0, 0.1) is 18.3 Å². The monoisotopic (exact) mass is 158 g/mol. The number of hydrogen-bond acceptors (Lipinski definition) is 3. The zero-order valence-electron chi connectivity index (χ0n) is 6.52. The lowest BCUT2D eigenvalue weighted by Crippen LogP contribution is -1.91. The fraction of sp³-hybridized carbons (Fsp3) is 0.125. The van der Waals surface area contributed by atoms with Gasteiger partial charge in [-0.2, -0.15) is 10.2 Å². The summed E-state index contributed by atoms with van der Waals surface area (Å²) in [6, 6.07) is 7.53. The van der Waals surface area contributed by atoms with Gasteiger partial charge in [0, 0.05) is 5.69 Å². The minimum Gasteiger partial charge on any atom is -0.217 e. The second-order valence-corrected chi connectivity index (χ2v) is 2.48. The van der Waals surface area contributed by atoms with Crippen LogP contribution in [0.15, 0.2) is 18.2 Å². The maximum atomic E-state index is 8.54. The van der Waals surface area contributed by atoms with Gasteiger partial charge in [0.15, 0.2) is 5.65 Å². The van der Waals surface area contributed by atoms with Crippen molar-refractivity contribution in [3.8, 4) is 6.07 Å². The minimum absolute atomic E-state index is 0.212. The van der Waals surface area contributed by atoms with Gasteiger partial charge >= 0.3 is 0 Å². The van der Waals surface area contributed by atoms with Crippen molar-refractivity contribution >= 4 is 5.65 Å². The van der Waals surface area contributed by atoms with Gasteiger partial charge in [-0.15, -0.1) is 5.10 Å². The summed E-state index contributed by atoms with van der Waals surface area (Å²) >= 11 is 0. The van der Waals surface area contributed by atoms with Gasteiger partial charge < -0.3 is 0 Å². The second kappa shape index (κ2) is 2.31. The van der Waals surface area contributed by atoms with E-state index in [9.17, 15) is 0 Å². The highest BCUT2D eigenvalue weighted by atomic mass is 15.3. The zero-order valence-corrected chi connectivity index (χ0v) is 6.52. The maximum absolute atomic E-state index is 8.54. The lowest BCUT2D eigenvalue weighted by Gasteiger charge is -1.93. The number of pyridine rings is 1. The van der Waals surface area contributed by atoms with Crippen LogP contribution in [-0.2, 0) is 0 Å². The Bertz CT molecular complexity index is 463. The molecule has 0 aliphatic rings. The predicted octanol–water partition coefficient (Wildman–Crippen LogP) is 0.909.